The average molecular weight is 352 g/mol. The van der Waals surface area contributed by atoms with Crippen molar-refractivity contribution in [3.63, 3.8) is 0 Å². The Bertz CT molecular complexity index is 556. The number of aromatic nitrogens is 1. The van der Waals surface area contributed by atoms with E-state index in [-0.39, 0.29) is 18.3 Å². The molecule has 0 aliphatic rings. The lowest BCUT2D eigenvalue weighted by Crippen LogP contribution is -2.25. The summed E-state index contributed by atoms with van der Waals surface area (Å²) < 4.78 is 0.771. The normalized spacial score (nSPS) is 10.1. The number of nitrogens with two attached hydrogens (primary N) is 1. The van der Waals surface area contributed by atoms with E-state index in [1.165, 1.54) is 22.7 Å². The number of nitrogens with zero attached hydrogens (tertiary/aromatic N) is 1. The van der Waals surface area contributed by atoms with E-state index < -0.39 is 0 Å². The molecule has 0 fully saturated rings. The van der Waals surface area contributed by atoms with E-state index in [0.717, 1.165) is 20.6 Å². The third-order valence-corrected chi connectivity index (χ3v) is 4.63. The number of thiophene rings is 1. The predicted octanol–water partition coefficient (Wildman–Crippen LogP) is 2.75. The number of halogens is 2. The van der Waals surface area contributed by atoms with Crippen LogP contribution >= 0.6 is 46.7 Å². The molecule has 0 aliphatic carbocycles. The Morgan fingerprint density at radius 2 is 2.20 bits per heavy atom. The zero-order chi connectivity index (χ0) is 13.7. The molecule has 2 aromatic heterocycles. The van der Waals surface area contributed by atoms with E-state index in [4.69, 9.17) is 17.3 Å². The summed E-state index contributed by atoms with van der Waals surface area (Å²) in [5.74, 6) is -0.137. The van der Waals surface area contributed by atoms with Gasteiger partial charge in [-0.1, -0.05) is 11.6 Å². The molecular weight excluding hydrogens is 337 g/mol. The van der Waals surface area contributed by atoms with Crippen molar-refractivity contribution in [2.75, 3.05) is 13.1 Å². The summed E-state index contributed by atoms with van der Waals surface area (Å²) in [6, 6.07) is 3.84. The largest absolute Gasteiger partial charge is 0.350 e. The Hall–Kier alpha value is -0.660. The third-order valence-electron chi connectivity index (χ3n) is 2.43. The van der Waals surface area contributed by atoms with Gasteiger partial charge in [-0.05, 0) is 25.1 Å². The molecule has 2 heterocycles. The molecule has 0 aromatic carbocycles. The molecule has 0 radical (unpaired) electrons. The van der Waals surface area contributed by atoms with Crippen LogP contribution in [-0.4, -0.2) is 24.0 Å². The van der Waals surface area contributed by atoms with E-state index in [9.17, 15) is 4.79 Å². The molecule has 2 aromatic rings. The lowest BCUT2D eigenvalue weighted by molar-refractivity contribution is 0.0949. The number of amides is 1. The molecule has 0 spiro atoms. The fourth-order valence-corrected chi connectivity index (χ4v) is 3.41. The summed E-state index contributed by atoms with van der Waals surface area (Å²) in [4.78, 5) is 17.2. The van der Waals surface area contributed by atoms with Crippen molar-refractivity contribution >= 4 is 52.6 Å². The molecule has 2 rings (SSSR count). The molecule has 0 atom stereocenters. The number of hydrogen-bond donors (Lipinski definition) is 2. The maximum absolute atomic E-state index is 11.8. The number of thiazole rings is 1. The quantitative estimate of drug-likeness (QED) is 0.840. The van der Waals surface area contributed by atoms with Gasteiger partial charge in [-0.3, -0.25) is 4.79 Å². The maximum Gasteiger partial charge on any atom is 0.270 e. The first kappa shape index (κ1) is 17.4. The first-order valence-corrected chi connectivity index (χ1v) is 7.93. The molecular formula is C12H15Cl2N3OS2. The number of nitrogens with one attached hydrogen (secondary N) is 1. The molecule has 1 amide bonds. The van der Waals surface area contributed by atoms with Crippen LogP contribution in [0.2, 0.25) is 4.34 Å². The number of carbonyl (C=O) groups is 1. The van der Waals surface area contributed by atoms with Crippen LogP contribution in [0.25, 0.3) is 0 Å². The highest BCUT2D eigenvalue weighted by Crippen LogP contribution is 2.21. The van der Waals surface area contributed by atoms with Crippen molar-refractivity contribution in [3.05, 3.63) is 37.4 Å². The third kappa shape index (κ3) is 5.03. The Morgan fingerprint density at radius 1 is 1.40 bits per heavy atom. The summed E-state index contributed by atoms with van der Waals surface area (Å²) in [6.45, 7) is 1.13. The first-order chi connectivity index (χ1) is 9.19. The highest BCUT2D eigenvalue weighted by molar-refractivity contribution is 7.16. The van der Waals surface area contributed by atoms with Crippen LogP contribution in [0.3, 0.4) is 0 Å². The van der Waals surface area contributed by atoms with Crippen LogP contribution in [-0.2, 0) is 12.8 Å². The highest BCUT2D eigenvalue weighted by atomic mass is 35.5. The fourth-order valence-electron chi connectivity index (χ4n) is 1.53. The van der Waals surface area contributed by atoms with Crippen LogP contribution in [0.15, 0.2) is 17.5 Å². The number of carbonyl (C=O) groups excluding carboxylic acids is 1. The molecule has 0 bridgehead atoms. The topological polar surface area (TPSA) is 68.0 Å². The summed E-state index contributed by atoms with van der Waals surface area (Å²) in [7, 11) is 0. The molecule has 8 heteroatoms. The van der Waals surface area contributed by atoms with E-state index in [1.54, 1.807) is 5.38 Å². The lowest BCUT2D eigenvalue weighted by atomic mass is 10.3. The average Bonchev–Trinajstić information content (AvgIpc) is 2.99. The minimum atomic E-state index is -0.137. The SMILES string of the molecule is Cl.NCCc1nc(C(=O)NCCc2ccc(Cl)s2)cs1. The standard InChI is InChI=1S/C12H14ClN3OS2.ClH/c13-10-2-1-8(19-10)4-6-15-12(17)9-7-18-11(16-9)3-5-14;/h1-2,7H,3-6,14H2,(H,15,17);1H. The lowest BCUT2D eigenvalue weighted by Gasteiger charge is -2.01. The van der Waals surface area contributed by atoms with Gasteiger partial charge >= 0.3 is 0 Å². The van der Waals surface area contributed by atoms with Crippen LogP contribution in [0.5, 0.6) is 0 Å². The van der Waals surface area contributed by atoms with Gasteiger partial charge in [0.05, 0.1) is 9.34 Å². The Kier molecular flexibility index (Phi) is 7.47. The molecule has 0 unspecified atom stereocenters. The summed E-state index contributed by atoms with van der Waals surface area (Å²) in [5, 5.41) is 5.52. The second-order valence-electron chi connectivity index (χ2n) is 3.88. The van der Waals surface area contributed by atoms with Gasteiger partial charge in [0, 0.05) is 23.2 Å². The molecule has 0 saturated carbocycles. The minimum absolute atomic E-state index is 0. The monoisotopic (exact) mass is 351 g/mol. The molecule has 0 saturated heterocycles. The van der Waals surface area contributed by atoms with Crippen LogP contribution in [0.4, 0.5) is 0 Å². The van der Waals surface area contributed by atoms with Crippen molar-refractivity contribution in [3.8, 4) is 0 Å². The number of hydrogen-bond acceptors (Lipinski definition) is 5. The van der Waals surface area contributed by atoms with Crippen molar-refractivity contribution in [1.29, 1.82) is 0 Å². The van der Waals surface area contributed by atoms with Gasteiger partial charge in [0.15, 0.2) is 0 Å². The van der Waals surface area contributed by atoms with Crippen molar-refractivity contribution in [2.24, 2.45) is 5.73 Å². The highest BCUT2D eigenvalue weighted by Gasteiger charge is 2.10. The van der Waals surface area contributed by atoms with Crippen LogP contribution < -0.4 is 11.1 Å². The molecule has 20 heavy (non-hydrogen) atoms. The summed E-state index contributed by atoms with van der Waals surface area (Å²) >= 11 is 8.84. The molecule has 110 valence electrons. The maximum atomic E-state index is 11.8. The van der Waals surface area contributed by atoms with Gasteiger partial charge in [-0.2, -0.15) is 0 Å². The zero-order valence-corrected chi connectivity index (χ0v) is 13.8. The second kappa shape index (κ2) is 8.59. The summed E-state index contributed by atoms with van der Waals surface area (Å²) in [6.07, 6.45) is 1.49. The van der Waals surface area contributed by atoms with E-state index in [2.05, 4.69) is 10.3 Å². The zero-order valence-electron chi connectivity index (χ0n) is 10.6. The first-order valence-electron chi connectivity index (χ1n) is 5.86. The van der Waals surface area contributed by atoms with Crippen molar-refractivity contribution < 1.29 is 4.79 Å². The smallest absolute Gasteiger partial charge is 0.270 e. The van der Waals surface area contributed by atoms with E-state index in [1.807, 2.05) is 12.1 Å². The van der Waals surface area contributed by atoms with Crippen LogP contribution in [0, 0.1) is 0 Å². The van der Waals surface area contributed by atoms with Gasteiger partial charge in [-0.15, -0.1) is 35.1 Å². The second-order valence-corrected chi connectivity index (χ2v) is 6.62. The van der Waals surface area contributed by atoms with Crippen molar-refractivity contribution in [2.45, 2.75) is 12.8 Å². The van der Waals surface area contributed by atoms with Gasteiger partial charge in [0.25, 0.3) is 5.91 Å². The molecule has 0 aliphatic heterocycles. The minimum Gasteiger partial charge on any atom is -0.350 e. The predicted molar refractivity (Wildman–Crippen MR) is 87.5 cm³/mol. The van der Waals surface area contributed by atoms with Gasteiger partial charge in [-0.25, -0.2) is 4.98 Å². The van der Waals surface area contributed by atoms with E-state index in [0.29, 0.717) is 25.2 Å². The Balaban J connectivity index is 0.00000200. The molecule has 3 N–H and O–H groups in total. The van der Waals surface area contributed by atoms with E-state index >= 15 is 0 Å². The Labute approximate surface area is 136 Å². The summed E-state index contributed by atoms with van der Waals surface area (Å²) in [5.41, 5.74) is 5.92. The van der Waals surface area contributed by atoms with Gasteiger partial charge < -0.3 is 11.1 Å². The fraction of sp³-hybridized carbons (Fsp3) is 0.333. The molecule has 4 nitrogen and oxygen atoms in total. The van der Waals surface area contributed by atoms with Gasteiger partial charge in [0.1, 0.15) is 5.69 Å². The van der Waals surface area contributed by atoms with Crippen molar-refractivity contribution in [1.82, 2.24) is 10.3 Å². The number of rotatable bonds is 6. The van der Waals surface area contributed by atoms with Crippen LogP contribution in [0.1, 0.15) is 20.4 Å². The van der Waals surface area contributed by atoms with Gasteiger partial charge in [0.2, 0.25) is 0 Å². The Morgan fingerprint density at radius 3 is 2.85 bits per heavy atom.